The minimum Gasteiger partial charge on any atom is -0.477 e. The van der Waals surface area contributed by atoms with Gasteiger partial charge in [0.15, 0.2) is 11.3 Å². The van der Waals surface area contributed by atoms with Crippen molar-refractivity contribution in [1.29, 1.82) is 0 Å². The Morgan fingerprint density at radius 1 is 1.33 bits per heavy atom. The average Bonchev–Trinajstić information content (AvgIpc) is 3.04. The van der Waals surface area contributed by atoms with Gasteiger partial charge >= 0.3 is 0 Å². The number of likely N-dealkylation sites (N-methyl/N-ethyl adjacent to an activating group) is 1. The minimum absolute atomic E-state index is 0.114. The maximum absolute atomic E-state index is 13.0. The molecule has 8 nitrogen and oxygen atoms in total. The molecule has 1 unspecified atom stereocenters. The Morgan fingerprint density at radius 3 is 2.87 bits per heavy atom. The fourth-order valence-corrected chi connectivity index (χ4v) is 5.12. The number of nitrogens with one attached hydrogen (secondary N) is 1. The summed E-state index contributed by atoms with van der Waals surface area (Å²) in [5.74, 6) is 0.601. The Hall–Kier alpha value is -2.85. The molecule has 1 aliphatic rings. The topological polar surface area (TPSA) is 110 Å². The quantitative estimate of drug-likeness (QED) is 0.471. The number of nitrogens with two attached hydrogens (primary N) is 1. The molecule has 3 N–H and O–H groups in total. The van der Waals surface area contributed by atoms with Gasteiger partial charge in [0, 0.05) is 11.9 Å². The number of aryl methyl sites for hydroxylation is 2. The van der Waals surface area contributed by atoms with Gasteiger partial charge in [-0.3, -0.25) is 9.59 Å². The number of rotatable bonds is 4. The van der Waals surface area contributed by atoms with E-state index in [9.17, 15) is 9.59 Å². The van der Waals surface area contributed by atoms with E-state index in [0.717, 1.165) is 20.7 Å². The van der Waals surface area contributed by atoms with Gasteiger partial charge < -0.3 is 20.7 Å². The second-order valence-corrected chi connectivity index (χ2v) is 8.98. The molecular formula is C20H21N5O3S2. The zero-order valence-electron chi connectivity index (χ0n) is 16.8. The Labute approximate surface area is 181 Å². The smallest absolute Gasteiger partial charge is 0.262 e. The number of amides is 2. The predicted molar refractivity (Wildman–Crippen MR) is 119 cm³/mol. The molecule has 10 heteroatoms. The monoisotopic (exact) mass is 443 g/mol. The number of fused-ring (bicyclic) bond motifs is 2. The summed E-state index contributed by atoms with van der Waals surface area (Å²) < 4.78 is 5.75. The van der Waals surface area contributed by atoms with E-state index in [1.807, 2.05) is 19.9 Å². The SMILES string of the molecule is CNC(=O)C1CN(C(=O)CSc2nc(N)c3c(C)c(C)sc3n2)c2ccccc2O1. The Morgan fingerprint density at radius 2 is 2.10 bits per heavy atom. The van der Waals surface area contributed by atoms with E-state index in [4.69, 9.17) is 10.5 Å². The molecule has 4 rings (SSSR count). The van der Waals surface area contributed by atoms with Gasteiger partial charge in [0.2, 0.25) is 5.91 Å². The van der Waals surface area contributed by atoms with E-state index in [1.165, 1.54) is 11.8 Å². The van der Waals surface area contributed by atoms with Crippen LogP contribution in [0.3, 0.4) is 0 Å². The Bertz CT molecular complexity index is 1150. The zero-order valence-corrected chi connectivity index (χ0v) is 18.4. The number of carbonyl (C=O) groups excluding carboxylic acids is 2. The fraction of sp³-hybridized carbons (Fsp3) is 0.300. The molecule has 1 atom stereocenters. The molecule has 0 aliphatic carbocycles. The first-order valence-electron chi connectivity index (χ1n) is 9.32. The number of anilines is 2. The van der Waals surface area contributed by atoms with E-state index in [0.29, 0.717) is 22.4 Å². The van der Waals surface area contributed by atoms with Crippen LogP contribution in [0.15, 0.2) is 29.4 Å². The van der Waals surface area contributed by atoms with Crippen LogP contribution in [0.1, 0.15) is 10.4 Å². The van der Waals surface area contributed by atoms with Crippen molar-refractivity contribution in [3.8, 4) is 5.75 Å². The van der Waals surface area contributed by atoms with Crippen molar-refractivity contribution in [2.24, 2.45) is 0 Å². The largest absolute Gasteiger partial charge is 0.477 e. The van der Waals surface area contributed by atoms with Crippen molar-refractivity contribution >= 4 is 56.6 Å². The van der Waals surface area contributed by atoms with E-state index in [1.54, 1.807) is 41.5 Å². The van der Waals surface area contributed by atoms with Gasteiger partial charge in [-0.1, -0.05) is 23.9 Å². The highest BCUT2D eigenvalue weighted by atomic mass is 32.2. The molecule has 0 saturated heterocycles. The lowest BCUT2D eigenvalue weighted by Gasteiger charge is -2.33. The molecule has 2 aromatic heterocycles. The van der Waals surface area contributed by atoms with E-state index in [-0.39, 0.29) is 24.1 Å². The summed E-state index contributed by atoms with van der Waals surface area (Å²) in [4.78, 5) is 37.6. The molecular weight excluding hydrogens is 422 g/mol. The summed E-state index contributed by atoms with van der Waals surface area (Å²) in [6.45, 7) is 4.17. The van der Waals surface area contributed by atoms with Gasteiger partial charge in [-0.25, -0.2) is 9.97 Å². The molecule has 156 valence electrons. The molecule has 3 heterocycles. The molecule has 1 aliphatic heterocycles. The highest BCUT2D eigenvalue weighted by Gasteiger charge is 2.33. The third-order valence-corrected chi connectivity index (χ3v) is 6.91. The van der Waals surface area contributed by atoms with Gasteiger partial charge in [0.05, 0.1) is 23.4 Å². The lowest BCUT2D eigenvalue weighted by atomic mass is 10.2. The first-order valence-corrected chi connectivity index (χ1v) is 11.1. The van der Waals surface area contributed by atoms with E-state index >= 15 is 0 Å². The number of benzene rings is 1. The minimum atomic E-state index is -0.765. The first-order chi connectivity index (χ1) is 14.4. The molecule has 0 saturated carbocycles. The molecule has 3 aromatic rings. The predicted octanol–water partition coefficient (Wildman–Crippen LogP) is 2.52. The second kappa shape index (κ2) is 8.11. The summed E-state index contributed by atoms with van der Waals surface area (Å²) >= 11 is 2.79. The van der Waals surface area contributed by atoms with E-state index < -0.39 is 6.10 Å². The molecule has 2 amide bonds. The van der Waals surface area contributed by atoms with Crippen LogP contribution in [0.5, 0.6) is 5.75 Å². The standard InChI is InChI=1S/C20H21N5O3S2/c1-10-11(2)30-19-16(10)17(21)23-20(24-19)29-9-15(26)25-8-14(18(27)22-3)28-13-7-5-4-6-12(13)25/h4-7,14H,8-9H2,1-3H3,(H,22,27)(H2,21,23,24). The molecule has 30 heavy (non-hydrogen) atoms. The van der Waals surface area contributed by atoms with Crippen molar-refractivity contribution < 1.29 is 14.3 Å². The van der Waals surface area contributed by atoms with Crippen molar-refractivity contribution in [3.63, 3.8) is 0 Å². The maximum atomic E-state index is 13.0. The molecule has 0 fully saturated rings. The normalized spacial score (nSPS) is 15.6. The molecule has 0 bridgehead atoms. The summed E-state index contributed by atoms with van der Waals surface area (Å²) in [6, 6.07) is 7.18. The summed E-state index contributed by atoms with van der Waals surface area (Å²) in [5, 5.41) is 3.91. The van der Waals surface area contributed by atoms with Crippen LogP contribution in [0.4, 0.5) is 11.5 Å². The van der Waals surface area contributed by atoms with Crippen LogP contribution in [-0.2, 0) is 9.59 Å². The number of thiophene rings is 1. The Kier molecular flexibility index (Phi) is 5.52. The first kappa shape index (κ1) is 20.4. The Balaban J connectivity index is 1.55. The van der Waals surface area contributed by atoms with Crippen LogP contribution in [-0.4, -0.2) is 47.2 Å². The van der Waals surface area contributed by atoms with E-state index in [2.05, 4.69) is 15.3 Å². The van der Waals surface area contributed by atoms with Gasteiger partial charge in [0.25, 0.3) is 5.91 Å². The van der Waals surface area contributed by atoms with Crippen LogP contribution < -0.4 is 20.7 Å². The van der Waals surface area contributed by atoms with Gasteiger partial charge in [0.1, 0.15) is 16.4 Å². The van der Waals surface area contributed by atoms with Gasteiger partial charge in [-0.2, -0.15) is 0 Å². The number of hydrogen-bond acceptors (Lipinski definition) is 8. The maximum Gasteiger partial charge on any atom is 0.262 e. The lowest BCUT2D eigenvalue weighted by Crippen LogP contribution is -2.50. The van der Waals surface area contributed by atoms with Crippen molar-refractivity contribution in [3.05, 3.63) is 34.7 Å². The van der Waals surface area contributed by atoms with Crippen LogP contribution >= 0.6 is 23.1 Å². The second-order valence-electron chi connectivity index (χ2n) is 6.84. The lowest BCUT2D eigenvalue weighted by molar-refractivity contribution is -0.127. The summed E-state index contributed by atoms with van der Waals surface area (Å²) in [6.07, 6.45) is -0.765. The number of para-hydroxylation sites is 2. The van der Waals surface area contributed by atoms with Gasteiger partial charge in [-0.05, 0) is 31.5 Å². The average molecular weight is 444 g/mol. The van der Waals surface area contributed by atoms with Crippen LogP contribution in [0.2, 0.25) is 0 Å². The summed E-state index contributed by atoms with van der Waals surface area (Å²) in [5.41, 5.74) is 7.87. The highest BCUT2D eigenvalue weighted by molar-refractivity contribution is 7.99. The molecule has 0 radical (unpaired) electrons. The number of nitrogen functional groups attached to an aromatic ring is 1. The third kappa shape index (κ3) is 3.68. The van der Waals surface area contributed by atoms with Gasteiger partial charge in [-0.15, -0.1) is 11.3 Å². The summed E-state index contributed by atoms with van der Waals surface area (Å²) in [7, 11) is 1.54. The fourth-order valence-electron chi connectivity index (χ4n) is 3.30. The number of thioether (sulfide) groups is 1. The van der Waals surface area contributed by atoms with Crippen molar-refractivity contribution in [2.75, 3.05) is 30.0 Å². The zero-order chi connectivity index (χ0) is 21.4. The van der Waals surface area contributed by atoms with Crippen molar-refractivity contribution in [1.82, 2.24) is 15.3 Å². The highest BCUT2D eigenvalue weighted by Crippen LogP contribution is 2.35. The number of aromatic nitrogens is 2. The molecule has 1 aromatic carbocycles. The van der Waals surface area contributed by atoms with Crippen LogP contribution in [0.25, 0.3) is 10.2 Å². The molecule has 0 spiro atoms. The number of carbonyl (C=O) groups is 2. The number of hydrogen-bond donors (Lipinski definition) is 2. The van der Waals surface area contributed by atoms with Crippen molar-refractivity contribution in [2.45, 2.75) is 25.1 Å². The number of nitrogens with zero attached hydrogens (tertiary/aromatic N) is 3. The van der Waals surface area contributed by atoms with Crippen LogP contribution in [0, 0.1) is 13.8 Å². The number of ether oxygens (including phenoxy) is 1. The third-order valence-electron chi connectivity index (χ3n) is 4.97.